The maximum atomic E-state index is 12.6. The zero-order chi connectivity index (χ0) is 27.8. The minimum atomic E-state index is -0.142. The summed E-state index contributed by atoms with van der Waals surface area (Å²) in [6.45, 7) is 2.75. The highest BCUT2D eigenvalue weighted by Crippen LogP contribution is 2.28. The molecule has 3 aromatic carbocycles. The lowest BCUT2D eigenvalue weighted by molar-refractivity contribution is 0.102. The number of ether oxygens (including phenoxy) is 2. The minimum Gasteiger partial charge on any atom is -0.493 e. The first kappa shape index (κ1) is 28.3. The van der Waals surface area contributed by atoms with Crippen LogP contribution in [0.3, 0.4) is 0 Å². The van der Waals surface area contributed by atoms with Crippen LogP contribution in [0.15, 0.2) is 78.0 Å². The van der Waals surface area contributed by atoms with Crippen molar-refractivity contribution in [3.8, 4) is 11.5 Å². The van der Waals surface area contributed by atoms with Gasteiger partial charge in [0, 0.05) is 36.7 Å². The van der Waals surface area contributed by atoms with Crippen LogP contribution in [0.1, 0.15) is 27.0 Å². The van der Waals surface area contributed by atoms with E-state index in [0.29, 0.717) is 33.1 Å². The number of aromatic nitrogens is 2. The molecule has 202 valence electrons. The number of nitrogens with one attached hydrogen (secondary N) is 1. The fourth-order valence-corrected chi connectivity index (χ4v) is 4.87. The molecule has 0 bridgehead atoms. The average Bonchev–Trinajstić information content (AvgIpc) is 2.95. The molecule has 1 amide bonds. The van der Waals surface area contributed by atoms with Crippen LogP contribution in [0.25, 0.3) is 0 Å². The number of amides is 1. The number of anilines is 2. The minimum absolute atomic E-state index is 0.142. The number of halogens is 1. The van der Waals surface area contributed by atoms with E-state index in [2.05, 4.69) is 15.2 Å². The fraction of sp³-hybridized carbons (Fsp3) is 0.233. The lowest BCUT2D eigenvalue weighted by Gasteiger charge is -2.19. The van der Waals surface area contributed by atoms with Gasteiger partial charge in [-0.2, -0.15) is 0 Å². The Morgan fingerprint density at radius 1 is 0.923 bits per heavy atom. The number of likely N-dealkylation sites (N-methyl/N-ethyl adjacent to an activating group) is 1. The summed E-state index contributed by atoms with van der Waals surface area (Å²) in [6.07, 6.45) is 0.796. The van der Waals surface area contributed by atoms with Crippen LogP contribution in [0.4, 0.5) is 11.5 Å². The van der Waals surface area contributed by atoms with Gasteiger partial charge in [-0.3, -0.25) is 4.79 Å². The Balaban J connectivity index is 1.33. The summed E-state index contributed by atoms with van der Waals surface area (Å²) in [7, 11) is 5.24. The van der Waals surface area contributed by atoms with Crippen molar-refractivity contribution in [2.75, 3.05) is 38.0 Å². The molecule has 7 nitrogen and oxygen atoms in total. The highest BCUT2D eigenvalue weighted by atomic mass is 35.5. The molecular weight excluding hydrogens is 532 g/mol. The highest BCUT2D eigenvalue weighted by Gasteiger charge is 2.11. The number of benzene rings is 3. The second-order valence-electron chi connectivity index (χ2n) is 9.00. The lowest BCUT2D eigenvalue weighted by Crippen LogP contribution is -2.21. The molecule has 0 saturated carbocycles. The highest BCUT2D eigenvalue weighted by molar-refractivity contribution is 7.98. The standard InChI is InChI=1S/C30H31ClN4O3S/c1-20-5-12-24(13-6-20)32-29(36)23-10-7-22(8-11-23)19-39-30-33-27(31)18-28(34-30)35(2)16-15-21-9-14-25(37-3)26(17-21)38-4/h5-14,17-18H,15-16,19H2,1-4H3,(H,32,36). The number of methoxy groups -OCH3 is 2. The zero-order valence-corrected chi connectivity index (χ0v) is 24.0. The molecule has 39 heavy (non-hydrogen) atoms. The molecule has 4 rings (SSSR count). The molecule has 0 aliphatic heterocycles. The van der Waals surface area contributed by atoms with Crippen molar-refractivity contribution in [3.05, 3.63) is 100 Å². The lowest BCUT2D eigenvalue weighted by atomic mass is 10.1. The number of hydrogen-bond acceptors (Lipinski definition) is 7. The van der Waals surface area contributed by atoms with Gasteiger partial charge in [-0.15, -0.1) is 0 Å². The molecule has 0 atom stereocenters. The maximum absolute atomic E-state index is 12.6. The summed E-state index contributed by atoms with van der Waals surface area (Å²) in [4.78, 5) is 23.7. The predicted molar refractivity (Wildman–Crippen MR) is 159 cm³/mol. The molecule has 0 aliphatic rings. The molecule has 4 aromatic rings. The van der Waals surface area contributed by atoms with Crippen molar-refractivity contribution in [3.63, 3.8) is 0 Å². The second-order valence-corrected chi connectivity index (χ2v) is 10.3. The third kappa shape index (κ3) is 7.88. The van der Waals surface area contributed by atoms with E-state index in [1.165, 1.54) is 11.8 Å². The SMILES string of the molecule is COc1ccc(CCN(C)c2cc(Cl)nc(SCc3ccc(C(=O)Nc4ccc(C)cc4)cc3)n2)cc1OC. The van der Waals surface area contributed by atoms with Gasteiger partial charge in [0.1, 0.15) is 11.0 Å². The van der Waals surface area contributed by atoms with Gasteiger partial charge in [-0.1, -0.05) is 59.3 Å². The van der Waals surface area contributed by atoms with Gasteiger partial charge in [-0.05, 0) is 60.9 Å². The van der Waals surface area contributed by atoms with E-state index >= 15 is 0 Å². The second kappa shape index (κ2) is 13.4. The first-order chi connectivity index (χ1) is 18.8. The third-order valence-electron chi connectivity index (χ3n) is 6.13. The van der Waals surface area contributed by atoms with E-state index in [0.717, 1.165) is 41.2 Å². The van der Waals surface area contributed by atoms with E-state index < -0.39 is 0 Å². The normalized spacial score (nSPS) is 10.7. The Morgan fingerprint density at radius 3 is 2.31 bits per heavy atom. The summed E-state index contributed by atoms with van der Waals surface area (Å²) in [5.41, 5.74) is 4.70. The van der Waals surface area contributed by atoms with Gasteiger partial charge in [0.2, 0.25) is 0 Å². The first-order valence-electron chi connectivity index (χ1n) is 12.4. The van der Waals surface area contributed by atoms with Crippen LogP contribution in [-0.2, 0) is 12.2 Å². The summed E-state index contributed by atoms with van der Waals surface area (Å²) in [5.74, 6) is 2.67. The first-order valence-corrected chi connectivity index (χ1v) is 13.8. The number of nitrogens with zero attached hydrogens (tertiary/aromatic N) is 3. The molecule has 0 fully saturated rings. The van der Waals surface area contributed by atoms with E-state index in [-0.39, 0.29) is 5.91 Å². The van der Waals surface area contributed by atoms with E-state index in [1.807, 2.05) is 80.7 Å². The number of carbonyl (C=O) groups is 1. The Morgan fingerprint density at radius 2 is 1.62 bits per heavy atom. The molecule has 0 spiro atoms. The van der Waals surface area contributed by atoms with Crippen molar-refractivity contribution in [2.45, 2.75) is 24.3 Å². The largest absolute Gasteiger partial charge is 0.493 e. The molecule has 9 heteroatoms. The van der Waals surface area contributed by atoms with E-state index in [9.17, 15) is 4.79 Å². The van der Waals surface area contributed by atoms with Crippen molar-refractivity contribution < 1.29 is 14.3 Å². The molecule has 1 N–H and O–H groups in total. The fourth-order valence-electron chi connectivity index (χ4n) is 3.83. The number of rotatable bonds is 11. The van der Waals surface area contributed by atoms with Crippen LogP contribution in [0, 0.1) is 6.92 Å². The Labute approximate surface area is 238 Å². The van der Waals surface area contributed by atoms with Crippen LogP contribution in [-0.4, -0.2) is 43.7 Å². The number of hydrogen-bond donors (Lipinski definition) is 1. The average molecular weight is 563 g/mol. The third-order valence-corrected chi connectivity index (χ3v) is 7.24. The van der Waals surface area contributed by atoms with Gasteiger partial charge in [0.25, 0.3) is 5.91 Å². The van der Waals surface area contributed by atoms with Crippen molar-refractivity contribution in [2.24, 2.45) is 0 Å². The van der Waals surface area contributed by atoms with E-state index in [4.69, 9.17) is 26.1 Å². The smallest absolute Gasteiger partial charge is 0.255 e. The quantitative estimate of drug-likeness (QED) is 0.124. The Bertz CT molecular complexity index is 1420. The van der Waals surface area contributed by atoms with Gasteiger partial charge in [-0.25, -0.2) is 9.97 Å². The summed E-state index contributed by atoms with van der Waals surface area (Å²) in [5, 5.41) is 3.91. The molecule has 0 aliphatic carbocycles. The van der Waals surface area contributed by atoms with Crippen LogP contribution < -0.4 is 19.7 Å². The van der Waals surface area contributed by atoms with Crippen LogP contribution in [0.2, 0.25) is 5.15 Å². The molecule has 1 aromatic heterocycles. The molecule has 1 heterocycles. The zero-order valence-electron chi connectivity index (χ0n) is 22.4. The van der Waals surface area contributed by atoms with E-state index in [1.54, 1.807) is 20.3 Å². The molecule has 0 saturated heterocycles. The number of thioether (sulfide) groups is 1. The molecule has 0 radical (unpaired) electrons. The van der Waals surface area contributed by atoms with Crippen LogP contribution >= 0.6 is 23.4 Å². The van der Waals surface area contributed by atoms with Gasteiger partial charge in [0.05, 0.1) is 14.2 Å². The molecule has 0 unspecified atom stereocenters. The van der Waals surface area contributed by atoms with Crippen molar-refractivity contribution >= 4 is 40.8 Å². The van der Waals surface area contributed by atoms with Crippen molar-refractivity contribution in [1.82, 2.24) is 9.97 Å². The Hall–Kier alpha value is -3.75. The monoisotopic (exact) mass is 562 g/mol. The van der Waals surface area contributed by atoms with Gasteiger partial charge >= 0.3 is 0 Å². The predicted octanol–water partition coefficient (Wildman–Crippen LogP) is 6.68. The van der Waals surface area contributed by atoms with Gasteiger partial charge in [0.15, 0.2) is 16.7 Å². The van der Waals surface area contributed by atoms with Gasteiger partial charge < -0.3 is 19.7 Å². The topological polar surface area (TPSA) is 76.6 Å². The molecular formula is C30H31ClN4O3S. The maximum Gasteiger partial charge on any atom is 0.255 e. The number of aryl methyl sites for hydroxylation is 1. The van der Waals surface area contributed by atoms with Crippen molar-refractivity contribution in [1.29, 1.82) is 0 Å². The van der Waals surface area contributed by atoms with Crippen LogP contribution in [0.5, 0.6) is 11.5 Å². The summed E-state index contributed by atoms with van der Waals surface area (Å²) in [6, 6.07) is 22.9. The Kier molecular flexibility index (Phi) is 9.68. The summed E-state index contributed by atoms with van der Waals surface area (Å²) >= 11 is 7.83. The number of carbonyl (C=O) groups excluding carboxylic acids is 1. The summed E-state index contributed by atoms with van der Waals surface area (Å²) < 4.78 is 10.7.